The van der Waals surface area contributed by atoms with Gasteiger partial charge in [-0.05, 0) is 41.5 Å². The lowest BCUT2D eigenvalue weighted by Gasteiger charge is -2.19. The third-order valence-electron chi connectivity index (χ3n) is 2.15. The van der Waals surface area contributed by atoms with Gasteiger partial charge in [0, 0.05) is 24.0 Å². The molecular weight excluding hydrogens is 276 g/mol. The molecule has 0 radical (unpaired) electrons. The maximum absolute atomic E-state index is 8.82. The molecule has 0 aliphatic rings. The van der Waals surface area contributed by atoms with Gasteiger partial charge >= 0.3 is 0 Å². The van der Waals surface area contributed by atoms with Crippen molar-refractivity contribution in [1.29, 1.82) is 0 Å². The zero-order chi connectivity index (χ0) is 11.3. The van der Waals surface area contributed by atoms with Crippen LogP contribution in [-0.2, 0) is 6.42 Å². The first kappa shape index (κ1) is 13.1. The van der Waals surface area contributed by atoms with Gasteiger partial charge in [0.2, 0.25) is 0 Å². The first-order valence-electron chi connectivity index (χ1n) is 4.91. The quantitative estimate of drug-likeness (QED) is 0.831. The van der Waals surface area contributed by atoms with Gasteiger partial charge in [-0.3, -0.25) is 0 Å². The second-order valence-corrected chi connectivity index (χ2v) is 6.21. The first-order valence-corrected chi connectivity index (χ1v) is 6.52. The number of nitrogens with zero attached hydrogens (tertiary/aromatic N) is 1. The van der Waals surface area contributed by atoms with Crippen LogP contribution in [0.5, 0.6) is 0 Å². The number of likely N-dealkylation sites (N-methyl/N-ethyl adjacent to an activating group) is 1. The van der Waals surface area contributed by atoms with Gasteiger partial charge < -0.3 is 15.7 Å². The van der Waals surface area contributed by atoms with Crippen molar-refractivity contribution in [3.8, 4) is 0 Å². The first-order chi connectivity index (χ1) is 7.11. The second-order valence-electron chi connectivity index (χ2n) is 3.66. The van der Waals surface area contributed by atoms with Crippen molar-refractivity contribution in [2.45, 2.75) is 12.5 Å². The Hall–Kier alpha value is 0.0600. The fraction of sp³-hybridized carbons (Fsp3) is 0.600. The van der Waals surface area contributed by atoms with Crippen molar-refractivity contribution in [3.63, 3.8) is 0 Å². The maximum atomic E-state index is 8.82. The van der Waals surface area contributed by atoms with Crippen molar-refractivity contribution >= 4 is 27.3 Å². The van der Waals surface area contributed by atoms with Gasteiger partial charge in [-0.2, -0.15) is 0 Å². The number of hydrogen-bond acceptors (Lipinski definition) is 4. The van der Waals surface area contributed by atoms with Crippen molar-refractivity contribution < 1.29 is 5.11 Å². The molecule has 1 aromatic heterocycles. The van der Waals surface area contributed by atoms with E-state index in [1.54, 1.807) is 11.3 Å². The van der Waals surface area contributed by atoms with Crippen LogP contribution >= 0.6 is 27.3 Å². The van der Waals surface area contributed by atoms with Crippen LogP contribution < -0.4 is 5.73 Å². The molecule has 0 saturated carbocycles. The Kier molecular flexibility index (Phi) is 5.78. The number of nitrogens with two attached hydrogens (primary N) is 1. The number of thiophene rings is 1. The van der Waals surface area contributed by atoms with Crippen molar-refractivity contribution in [3.05, 3.63) is 20.8 Å². The summed E-state index contributed by atoms with van der Waals surface area (Å²) in [6.07, 6.45) is 1.03. The third kappa shape index (κ3) is 5.08. The minimum atomic E-state index is -0.134. The van der Waals surface area contributed by atoms with Gasteiger partial charge in [-0.15, -0.1) is 11.3 Å². The van der Waals surface area contributed by atoms with E-state index in [-0.39, 0.29) is 12.6 Å². The second kappa shape index (κ2) is 6.60. The van der Waals surface area contributed by atoms with Gasteiger partial charge in [0.1, 0.15) is 0 Å². The number of hydrogen-bond donors (Lipinski definition) is 2. The van der Waals surface area contributed by atoms with Gasteiger partial charge in [-0.25, -0.2) is 0 Å². The standard InChI is InChI=1S/C10H17BrN2OS/c1-13(6-8(12)7-14)5-4-9-2-3-10(11)15-9/h2-3,8,14H,4-7,12H2,1H3. The normalized spacial score (nSPS) is 13.4. The Morgan fingerprint density at radius 3 is 2.87 bits per heavy atom. The van der Waals surface area contributed by atoms with Crippen molar-refractivity contribution in [2.24, 2.45) is 5.73 Å². The molecule has 0 saturated heterocycles. The lowest BCUT2D eigenvalue weighted by atomic mass is 10.3. The highest BCUT2D eigenvalue weighted by molar-refractivity contribution is 9.11. The van der Waals surface area contributed by atoms with Gasteiger partial charge in [0.25, 0.3) is 0 Å². The maximum Gasteiger partial charge on any atom is 0.0701 e. The van der Waals surface area contributed by atoms with E-state index >= 15 is 0 Å². The lowest BCUT2D eigenvalue weighted by molar-refractivity contribution is 0.223. The fourth-order valence-corrected chi connectivity index (χ4v) is 2.81. The Morgan fingerprint density at radius 1 is 1.60 bits per heavy atom. The molecule has 86 valence electrons. The predicted molar refractivity (Wildman–Crippen MR) is 68.3 cm³/mol. The van der Waals surface area contributed by atoms with E-state index in [9.17, 15) is 0 Å². The molecule has 0 spiro atoms. The van der Waals surface area contributed by atoms with Crippen LogP contribution in [0.3, 0.4) is 0 Å². The summed E-state index contributed by atoms with van der Waals surface area (Å²) in [6, 6.07) is 4.07. The summed E-state index contributed by atoms with van der Waals surface area (Å²) >= 11 is 5.21. The van der Waals surface area contributed by atoms with Crippen LogP contribution in [0.15, 0.2) is 15.9 Å². The SMILES string of the molecule is CN(CCc1ccc(Br)s1)CC(N)CO. The van der Waals surface area contributed by atoms with Crippen molar-refractivity contribution in [1.82, 2.24) is 4.90 Å². The summed E-state index contributed by atoms with van der Waals surface area (Å²) in [6.45, 7) is 1.76. The molecule has 1 heterocycles. The Morgan fingerprint density at radius 2 is 2.33 bits per heavy atom. The zero-order valence-electron chi connectivity index (χ0n) is 8.82. The molecule has 15 heavy (non-hydrogen) atoms. The predicted octanol–water partition coefficient (Wildman–Crippen LogP) is 1.30. The van der Waals surface area contributed by atoms with Crippen LogP contribution in [0, 0.1) is 0 Å². The highest BCUT2D eigenvalue weighted by Crippen LogP contribution is 2.22. The summed E-state index contributed by atoms with van der Waals surface area (Å²) < 4.78 is 1.17. The van der Waals surface area contributed by atoms with Crippen LogP contribution in [0.4, 0.5) is 0 Å². The molecule has 0 fully saturated rings. The van der Waals surface area contributed by atoms with Crippen molar-refractivity contribution in [2.75, 3.05) is 26.7 Å². The molecule has 5 heteroatoms. The Bertz CT molecular complexity index is 293. The molecule has 0 bridgehead atoms. The van der Waals surface area contributed by atoms with Crippen LogP contribution in [0.2, 0.25) is 0 Å². The molecule has 0 aliphatic heterocycles. The third-order valence-corrected chi connectivity index (χ3v) is 3.83. The summed E-state index contributed by atoms with van der Waals surface area (Å²) in [7, 11) is 2.03. The highest BCUT2D eigenvalue weighted by Gasteiger charge is 2.06. The van der Waals surface area contributed by atoms with Crippen LogP contribution in [0.1, 0.15) is 4.88 Å². The summed E-state index contributed by atoms with van der Waals surface area (Å²) in [5.74, 6) is 0. The largest absolute Gasteiger partial charge is 0.395 e. The minimum Gasteiger partial charge on any atom is -0.395 e. The van der Waals surface area contributed by atoms with E-state index in [2.05, 4.69) is 33.0 Å². The lowest BCUT2D eigenvalue weighted by Crippen LogP contribution is -2.38. The Balaban J connectivity index is 2.25. The average molecular weight is 293 g/mol. The smallest absolute Gasteiger partial charge is 0.0701 e. The fourth-order valence-electron chi connectivity index (χ4n) is 1.34. The van der Waals surface area contributed by atoms with Crippen LogP contribution in [0.25, 0.3) is 0 Å². The number of halogens is 1. The average Bonchev–Trinajstić information content (AvgIpc) is 2.61. The van der Waals surface area contributed by atoms with E-state index in [4.69, 9.17) is 10.8 Å². The summed E-state index contributed by atoms with van der Waals surface area (Å²) in [5.41, 5.74) is 5.65. The molecule has 3 nitrogen and oxygen atoms in total. The topological polar surface area (TPSA) is 49.5 Å². The van der Waals surface area contributed by atoms with E-state index < -0.39 is 0 Å². The number of aliphatic hydroxyl groups excluding tert-OH is 1. The summed E-state index contributed by atoms with van der Waals surface area (Å²) in [4.78, 5) is 3.51. The molecule has 1 rings (SSSR count). The Labute approximate surface area is 103 Å². The molecule has 1 aromatic rings. The molecule has 1 atom stereocenters. The molecule has 0 aliphatic carbocycles. The molecule has 0 amide bonds. The minimum absolute atomic E-state index is 0.0505. The van der Waals surface area contributed by atoms with Gasteiger partial charge in [0.05, 0.1) is 10.4 Å². The molecule has 3 N–H and O–H groups in total. The molecule has 0 aromatic carbocycles. The molecule has 1 unspecified atom stereocenters. The zero-order valence-corrected chi connectivity index (χ0v) is 11.2. The van der Waals surface area contributed by atoms with E-state index in [0.717, 1.165) is 19.5 Å². The molecular formula is C10H17BrN2OS. The van der Waals surface area contributed by atoms with E-state index in [1.165, 1.54) is 8.66 Å². The van der Waals surface area contributed by atoms with E-state index in [1.807, 2.05) is 7.05 Å². The van der Waals surface area contributed by atoms with Gasteiger partial charge in [-0.1, -0.05) is 0 Å². The highest BCUT2D eigenvalue weighted by atomic mass is 79.9. The van der Waals surface area contributed by atoms with E-state index in [0.29, 0.717) is 0 Å². The van der Waals surface area contributed by atoms with Gasteiger partial charge in [0.15, 0.2) is 0 Å². The van der Waals surface area contributed by atoms with Crippen LogP contribution in [-0.4, -0.2) is 42.8 Å². The summed E-state index contributed by atoms with van der Waals surface area (Å²) in [5, 5.41) is 8.82. The number of rotatable bonds is 6. The number of aliphatic hydroxyl groups is 1. The monoisotopic (exact) mass is 292 g/mol.